The third-order valence-corrected chi connectivity index (χ3v) is 5.81. The summed E-state index contributed by atoms with van der Waals surface area (Å²) in [5.74, 6) is -0.0119. The Morgan fingerprint density at radius 2 is 1.67 bits per heavy atom. The molecule has 0 saturated heterocycles. The zero-order valence-electron chi connectivity index (χ0n) is 11.6. The van der Waals surface area contributed by atoms with E-state index in [0.717, 1.165) is 12.0 Å². The Kier molecular flexibility index (Phi) is 4.56. The maximum atomic E-state index is 12.1. The van der Waals surface area contributed by atoms with Gasteiger partial charge in [0.1, 0.15) is 0 Å². The summed E-state index contributed by atoms with van der Waals surface area (Å²) >= 11 is 0. The molecule has 1 unspecified atom stereocenters. The molecular weight excluding hydrogens is 246 g/mol. The first kappa shape index (κ1) is 15.2. The first-order valence-corrected chi connectivity index (χ1v) is 7.89. The van der Waals surface area contributed by atoms with Gasteiger partial charge in [-0.05, 0) is 38.3 Å². The standard InChI is InChI=1S/C14H23NO2S/c1-5-11-6-8-12(9-7-11)13(15)10-18(16,17)14(2,3)4/h6-9,13H,5,10,15H2,1-4H3. The molecule has 18 heavy (non-hydrogen) atoms. The van der Waals surface area contributed by atoms with Gasteiger partial charge in [-0.15, -0.1) is 0 Å². The summed E-state index contributed by atoms with van der Waals surface area (Å²) in [6.07, 6.45) is 0.968. The molecule has 0 radical (unpaired) electrons. The average Bonchev–Trinajstić information content (AvgIpc) is 2.27. The molecule has 1 aromatic carbocycles. The van der Waals surface area contributed by atoms with Crippen LogP contribution in [0.5, 0.6) is 0 Å². The lowest BCUT2D eigenvalue weighted by Gasteiger charge is -2.22. The zero-order valence-corrected chi connectivity index (χ0v) is 12.4. The predicted octanol–water partition coefficient (Wildman–Crippen LogP) is 2.46. The molecule has 1 aromatic rings. The van der Waals surface area contributed by atoms with Crippen LogP contribution in [0.3, 0.4) is 0 Å². The largest absolute Gasteiger partial charge is 0.323 e. The van der Waals surface area contributed by atoms with Crippen LogP contribution < -0.4 is 5.73 Å². The normalized spacial score (nSPS) is 14.5. The molecule has 0 aliphatic carbocycles. The SMILES string of the molecule is CCc1ccc(C(N)CS(=O)(=O)C(C)(C)C)cc1. The Hall–Kier alpha value is -0.870. The first-order valence-electron chi connectivity index (χ1n) is 6.24. The number of nitrogens with two attached hydrogens (primary N) is 1. The number of benzene rings is 1. The molecule has 0 aliphatic rings. The summed E-state index contributed by atoms with van der Waals surface area (Å²) in [4.78, 5) is 0. The molecule has 102 valence electrons. The summed E-state index contributed by atoms with van der Waals surface area (Å²) in [6.45, 7) is 7.19. The van der Waals surface area contributed by atoms with Gasteiger partial charge >= 0.3 is 0 Å². The number of sulfone groups is 1. The maximum absolute atomic E-state index is 12.1. The van der Waals surface area contributed by atoms with Crippen molar-refractivity contribution in [3.05, 3.63) is 35.4 Å². The smallest absolute Gasteiger partial charge is 0.157 e. The molecule has 1 rings (SSSR count). The molecule has 0 saturated carbocycles. The van der Waals surface area contributed by atoms with Gasteiger partial charge in [0, 0.05) is 6.04 Å². The molecule has 4 heteroatoms. The summed E-state index contributed by atoms with van der Waals surface area (Å²) in [7, 11) is -3.19. The molecular formula is C14H23NO2S. The minimum Gasteiger partial charge on any atom is -0.323 e. The van der Waals surface area contributed by atoms with E-state index in [1.54, 1.807) is 20.8 Å². The van der Waals surface area contributed by atoms with Crippen LogP contribution in [0.15, 0.2) is 24.3 Å². The Morgan fingerprint density at radius 1 is 1.17 bits per heavy atom. The fourth-order valence-corrected chi connectivity index (χ4v) is 2.75. The lowest BCUT2D eigenvalue weighted by atomic mass is 10.1. The molecule has 0 bridgehead atoms. The minimum absolute atomic E-state index is 0.0119. The van der Waals surface area contributed by atoms with Gasteiger partial charge in [-0.1, -0.05) is 31.2 Å². The highest BCUT2D eigenvalue weighted by atomic mass is 32.2. The Labute approximate surface area is 110 Å². The monoisotopic (exact) mass is 269 g/mol. The van der Waals surface area contributed by atoms with Crippen LogP contribution >= 0.6 is 0 Å². The van der Waals surface area contributed by atoms with E-state index < -0.39 is 20.6 Å². The van der Waals surface area contributed by atoms with E-state index in [1.165, 1.54) is 5.56 Å². The van der Waals surface area contributed by atoms with Gasteiger partial charge in [0.05, 0.1) is 10.5 Å². The zero-order chi connectivity index (χ0) is 14.0. The van der Waals surface area contributed by atoms with Crippen molar-refractivity contribution in [3.8, 4) is 0 Å². The molecule has 0 aliphatic heterocycles. The van der Waals surface area contributed by atoms with Gasteiger partial charge in [-0.25, -0.2) is 8.42 Å². The topological polar surface area (TPSA) is 60.2 Å². The third kappa shape index (κ3) is 3.56. The second-order valence-corrected chi connectivity index (χ2v) is 8.38. The van der Waals surface area contributed by atoms with Crippen molar-refractivity contribution >= 4 is 9.84 Å². The van der Waals surface area contributed by atoms with Crippen molar-refractivity contribution in [3.63, 3.8) is 0 Å². The van der Waals surface area contributed by atoms with Crippen LogP contribution in [0.2, 0.25) is 0 Å². The second-order valence-electron chi connectivity index (χ2n) is 5.60. The molecule has 0 spiro atoms. The van der Waals surface area contributed by atoms with Crippen molar-refractivity contribution in [1.29, 1.82) is 0 Å². The minimum atomic E-state index is -3.19. The van der Waals surface area contributed by atoms with E-state index in [-0.39, 0.29) is 5.75 Å². The number of rotatable bonds is 4. The number of hydrogen-bond donors (Lipinski definition) is 1. The number of hydrogen-bond acceptors (Lipinski definition) is 3. The van der Waals surface area contributed by atoms with Gasteiger partial charge < -0.3 is 5.73 Å². The van der Waals surface area contributed by atoms with Crippen molar-refractivity contribution < 1.29 is 8.42 Å². The van der Waals surface area contributed by atoms with E-state index in [9.17, 15) is 8.42 Å². The van der Waals surface area contributed by atoms with Gasteiger partial charge in [0.2, 0.25) is 0 Å². The predicted molar refractivity (Wildman–Crippen MR) is 76.3 cm³/mol. The molecule has 3 nitrogen and oxygen atoms in total. The highest BCUT2D eigenvalue weighted by Crippen LogP contribution is 2.21. The molecule has 0 amide bonds. The quantitative estimate of drug-likeness (QED) is 0.913. The second kappa shape index (κ2) is 5.41. The summed E-state index contributed by atoms with van der Waals surface area (Å²) < 4.78 is 23.4. The van der Waals surface area contributed by atoms with Gasteiger partial charge in [-0.2, -0.15) is 0 Å². The highest BCUT2D eigenvalue weighted by molar-refractivity contribution is 7.92. The van der Waals surface area contributed by atoms with Crippen LogP contribution in [0.25, 0.3) is 0 Å². The van der Waals surface area contributed by atoms with Crippen molar-refractivity contribution in [2.75, 3.05) is 5.75 Å². The van der Waals surface area contributed by atoms with E-state index in [2.05, 4.69) is 6.92 Å². The molecule has 0 aromatic heterocycles. The molecule has 1 atom stereocenters. The Balaban J connectivity index is 2.86. The van der Waals surface area contributed by atoms with Crippen molar-refractivity contribution in [2.45, 2.75) is 44.9 Å². The lowest BCUT2D eigenvalue weighted by molar-refractivity contribution is 0.553. The van der Waals surface area contributed by atoms with E-state index >= 15 is 0 Å². The summed E-state index contributed by atoms with van der Waals surface area (Å²) in [6, 6.07) is 7.38. The van der Waals surface area contributed by atoms with E-state index in [4.69, 9.17) is 5.73 Å². The fourth-order valence-electron chi connectivity index (χ4n) is 1.58. The fraction of sp³-hybridized carbons (Fsp3) is 0.571. The van der Waals surface area contributed by atoms with Crippen LogP contribution in [-0.2, 0) is 16.3 Å². The molecule has 0 fully saturated rings. The van der Waals surface area contributed by atoms with Crippen LogP contribution in [0.4, 0.5) is 0 Å². The number of aryl methyl sites for hydroxylation is 1. The Morgan fingerprint density at radius 3 is 2.06 bits per heavy atom. The average molecular weight is 269 g/mol. The van der Waals surface area contributed by atoms with Crippen LogP contribution in [0, 0.1) is 0 Å². The summed E-state index contributed by atoms with van der Waals surface area (Å²) in [5.41, 5.74) is 8.09. The van der Waals surface area contributed by atoms with Crippen molar-refractivity contribution in [2.24, 2.45) is 5.73 Å². The van der Waals surface area contributed by atoms with Crippen LogP contribution in [0.1, 0.15) is 44.9 Å². The van der Waals surface area contributed by atoms with E-state index in [0.29, 0.717) is 0 Å². The van der Waals surface area contributed by atoms with Gasteiger partial charge in [0.25, 0.3) is 0 Å². The first-order chi connectivity index (χ1) is 8.17. The van der Waals surface area contributed by atoms with Crippen LogP contribution in [-0.4, -0.2) is 18.9 Å². The Bertz CT molecular complexity index is 484. The van der Waals surface area contributed by atoms with E-state index in [1.807, 2.05) is 24.3 Å². The van der Waals surface area contributed by atoms with Gasteiger partial charge in [0.15, 0.2) is 9.84 Å². The maximum Gasteiger partial charge on any atom is 0.157 e. The van der Waals surface area contributed by atoms with Gasteiger partial charge in [-0.3, -0.25) is 0 Å². The lowest BCUT2D eigenvalue weighted by Crippen LogP contribution is -2.34. The molecule has 2 N–H and O–H groups in total. The summed E-state index contributed by atoms with van der Waals surface area (Å²) in [5, 5.41) is 0. The van der Waals surface area contributed by atoms with Crippen molar-refractivity contribution in [1.82, 2.24) is 0 Å². The molecule has 0 heterocycles. The highest BCUT2D eigenvalue weighted by Gasteiger charge is 2.30. The third-order valence-electron chi connectivity index (χ3n) is 3.15.